The first-order chi connectivity index (χ1) is 10.1. The van der Waals surface area contributed by atoms with E-state index in [1.165, 1.54) is 4.68 Å². The van der Waals surface area contributed by atoms with E-state index in [0.717, 1.165) is 26.6 Å². The van der Waals surface area contributed by atoms with E-state index >= 15 is 0 Å². The first-order valence-electron chi connectivity index (χ1n) is 6.58. The molecule has 21 heavy (non-hydrogen) atoms. The van der Waals surface area contributed by atoms with Crippen molar-refractivity contribution in [3.05, 3.63) is 53.6 Å². The Hall–Kier alpha value is -2.47. The molecule has 0 bridgehead atoms. The van der Waals surface area contributed by atoms with Crippen LogP contribution in [0.5, 0.6) is 0 Å². The summed E-state index contributed by atoms with van der Waals surface area (Å²) in [5.41, 5.74) is 3.13. The van der Waals surface area contributed by atoms with Crippen LogP contribution >= 0.6 is 11.3 Å². The molecular weight excluding hydrogens is 284 g/mol. The molecule has 0 radical (unpaired) electrons. The Morgan fingerprint density at radius 2 is 2.05 bits per heavy atom. The fourth-order valence-corrected chi connectivity index (χ4v) is 3.50. The summed E-state index contributed by atoms with van der Waals surface area (Å²) in [5, 5.41) is 4.22. The number of fused-ring (bicyclic) bond motifs is 3. The Kier molecular flexibility index (Phi) is 2.49. The molecule has 4 rings (SSSR count). The molecule has 0 amide bonds. The number of thiazole rings is 1. The van der Waals surface area contributed by atoms with Crippen molar-refractivity contribution in [3.8, 4) is 0 Å². The van der Waals surface area contributed by atoms with Crippen molar-refractivity contribution in [2.45, 2.75) is 13.8 Å². The molecule has 0 aliphatic carbocycles. The van der Waals surface area contributed by atoms with Gasteiger partial charge in [-0.05, 0) is 32.0 Å². The molecule has 0 N–H and O–H groups in total. The number of imidazole rings is 1. The first kappa shape index (κ1) is 12.3. The van der Waals surface area contributed by atoms with Gasteiger partial charge in [-0.2, -0.15) is 9.78 Å². The minimum atomic E-state index is -0.194. The number of hydrogen-bond acceptors (Lipinski definition) is 4. The highest BCUT2D eigenvalue weighted by atomic mass is 32.1. The van der Waals surface area contributed by atoms with Gasteiger partial charge in [-0.25, -0.2) is 4.98 Å². The lowest BCUT2D eigenvalue weighted by molar-refractivity contribution is 0.0938. The number of para-hydroxylation sites is 1. The van der Waals surface area contributed by atoms with Crippen LogP contribution in [-0.2, 0) is 0 Å². The molecule has 6 heteroatoms. The lowest BCUT2D eigenvalue weighted by Gasteiger charge is -1.98. The normalized spacial score (nSPS) is 11.5. The van der Waals surface area contributed by atoms with Crippen LogP contribution in [0, 0.1) is 13.8 Å². The van der Waals surface area contributed by atoms with Gasteiger partial charge in [0.1, 0.15) is 0 Å². The highest BCUT2D eigenvalue weighted by Crippen LogP contribution is 2.26. The molecule has 5 nitrogen and oxygen atoms in total. The Morgan fingerprint density at radius 3 is 2.81 bits per heavy atom. The van der Waals surface area contributed by atoms with E-state index in [9.17, 15) is 4.79 Å². The van der Waals surface area contributed by atoms with Crippen LogP contribution in [0.25, 0.3) is 15.2 Å². The number of carbonyl (C=O) groups excluding carboxylic acids is 1. The van der Waals surface area contributed by atoms with Gasteiger partial charge >= 0.3 is 0 Å². The van der Waals surface area contributed by atoms with E-state index in [-0.39, 0.29) is 5.91 Å². The van der Waals surface area contributed by atoms with Crippen molar-refractivity contribution in [3.63, 3.8) is 0 Å². The fraction of sp³-hybridized carbons (Fsp3) is 0.133. The number of aromatic nitrogens is 4. The summed E-state index contributed by atoms with van der Waals surface area (Å²) in [6, 6.07) is 9.94. The third-order valence-electron chi connectivity index (χ3n) is 3.42. The zero-order valence-electron chi connectivity index (χ0n) is 11.6. The molecule has 4 aromatic rings. The second kappa shape index (κ2) is 4.26. The van der Waals surface area contributed by atoms with Crippen molar-refractivity contribution in [2.75, 3.05) is 0 Å². The molecule has 3 heterocycles. The SMILES string of the molecule is Cc1cc(C)n(C(=O)c2cn3c(n2)sc2ccccc23)n1. The molecule has 104 valence electrons. The van der Waals surface area contributed by atoms with Gasteiger partial charge in [0.25, 0.3) is 5.91 Å². The van der Waals surface area contributed by atoms with Crippen LogP contribution in [0.4, 0.5) is 0 Å². The number of hydrogen-bond donors (Lipinski definition) is 0. The number of carbonyl (C=O) groups is 1. The summed E-state index contributed by atoms with van der Waals surface area (Å²) >= 11 is 1.57. The number of rotatable bonds is 1. The zero-order valence-corrected chi connectivity index (χ0v) is 12.4. The Morgan fingerprint density at radius 1 is 1.24 bits per heavy atom. The highest BCUT2D eigenvalue weighted by Gasteiger charge is 2.18. The van der Waals surface area contributed by atoms with Crippen LogP contribution in [0.3, 0.4) is 0 Å². The van der Waals surface area contributed by atoms with Gasteiger partial charge < -0.3 is 0 Å². The predicted molar refractivity (Wildman–Crippen MR) is 82.0 cm³/mol. The van der Waals surface area contributed by atoms with E-state index in [4.69, 9.17) is 0 Å². The standard InChI is InChI=1S/C15H12N4OS/c1-9-7-10(2)19(17-9)14(20)11-8-18-12-5-3-4-6-13(12)21-15(18)16-11/h3-8H,1-2H3. The van der Waals surface area contributed by atoms with Gasteiger partial charge in [0, 0.05) is 11.9 Å². The van der Waals surface area contributed by atoms with E-state index in [1.807, 2.05) is 42.5 Å². The van der Waals surface area contributed by atoms with Gasteiger partial charge in [-0.3, -0.25) is 9.20 Å². The van der Waals surface area contributed by atoms with Crippen molar-refractivity contribution in [2.24, 2.45) is 0 Å². The van der Waals surface area contributed by atoms with Gasteiger partial charge in [0.05, 0.1) is 15.9 Å². The minimum Gasteiger partial charge on any atom is -0.289 e. The summed E-state index contributed by atoms with van der Waals surface area (Å²) in [6.45, 7) is 3.74. The second-order valence-corrected chi connectivity index (χ2v) is 6.00. The molecule has 0 fully saturated rings. The number of aryl methyl sites for hydroxylation is 2. The van der Waals surface area contributed by atoms with Crippen molar-refractivity contribution in [1.29, 1.82) is 0 Å². The molecule has 0 aliphatic heterocycles. The molecule has 1 aromatic carbocycles. The van der Waals surface area contributed by atoms with E-state index in [1.54, 1.807) is 17.5 Å². The second-order valence-electron chi connectivity index (χ2n) is 4.99. The van der Waals surface area contributed by atoms with Crippen LogP contribution < -0.4 is 0 Å². The molecule has 3 aromatic heterocycles. The van der Waals surface area contributed by atoms with Crippen LogP contribution in [0.1, 0.15) is 21.9 Å². The maximum absolute atomic E-state index is 12.5. The summed E-state index contributed by atoms with van der Waals surface area (Å²) in [5.74, 6) is -0.194. The maximum Gasteiger partial charge on any atom is 0.298 e. The monoisotopic (exact) mass is 296 g/mol. The van der Waals surface area contributed by atoms with Gasteiger partial charge in [-0.1, -0.05) is 23.5 Å². The fourth-order valence-electron chi connectivity index (χ4n) is 2.49. The Bertz CT molecular complexity index is 992. The predicted octanol–water partition coefficient (Wildman–Crippen LogP) is 3.05. The van der Waals surface area contributed by atoms with Crippen molar-refractivity contribution < 1.29 is 4.79 Å². The minimum absolute atomic E-state index is 0.194. The highest BCUT2D eigenvalue weighted by molar-refractivity contribution is 7.23. The summed E-state index contributed by atoms with van der Waals surface area (Å²) in [7, 11) is 0. The third kappa shape index (κ3) is 1.80. The van der Waals surface area contributed by atoms with E-state index in [0.29, 0.717) is 5.69 Å². The molecular formula is C15H12N4OS. The average molecular weight is 296 g/mol. The molecule has 0 aliphatic rings. The number of benzene rings is 1. The van der Waals surface area contributed by atoms with E-state index < -0.39 is 0 Å². The van der Waals surface area contributed by atoms with Gasteiger partial charge in [0.15, 0.2) is 10.7 Å². The summed E-state index contributed by atoms with van der Waals surface area (Å²) in [4.78, 5) is 17.8. The van der Waals surface area contributed by atoms with Crippen molar-refractivity contribution >= 4 is 32.4 Å². The van der Waals surface area contributed by atoms with E-state index in [2.05, 4.69) is 16.1 Å². The molecule has 0 spiro atoms. The van der Waals surface area contributed by atoms with Crippen molar-refractivity contribution in [1.82, 2.24) is 19.2 Å². The Labute approximate surface area is 124 Å². The molecule has 0 unspecified atom stereocenters. The first-order valence-corrected chi connectivity index (χ1v) is 7.40. The maximum atomic E-state index is 12.5. The molecule has 0 saturated carbocycles. The lowest BCUT2D eigenvalue weighted by Crippen LogP contribution is -2.15. The molecule has 0 saturated heterocycles. The zero-order chi connectivity index (χ0) is 14.6. The Balaban J connectivity index is 1.87. The smallest absolute Gasteiger partial charge is 0.289 e. The summed E-state index contributed by atoms with van der Waals surface area (Å²) in [6.07, 6.45) is 1.78. The number of nitrogens with zero attached hydrogens (tertiary/aromatic N) is 4. The van der Waals surface area contributed by atoms with Gasteiger partial charge in [0.2, 0.25) is 0 Å². The largest absolute Gasteiger partial charge is 0.298 e. The quantitative estimate of drug-likeness (QED) is 0.542. The molecule has 0 atom stereocenters. The lowest BCUT2D eigenvalue weighted by atomic mass is 10.3. The third-order valence-corrected chi connectivity index (χ3v) is 4.46. The van der Waals surface area contributed by atoms with Crippen LogP contribution in [0.2, 0.25) is 0 Å². The van der Waals surface area contributed by atoms with Crippen LogP contribution in [-0.4, -0.2) is 25.1 Å². The topological polar surface area (TPSA) is 52.2 Å². The van der Waals surface area contributed by atoms with Gasteiger partial charge in [-0.15, -0.1) is 0 Å². The van der Waals surface area contributed by atoms with Crippen LogP contribution in [0.15, 0.2) is 36.5 Å². The summed E-state index contributed by atoms with van der Waals surface area (Å²) < 4.78 is 4.52. The average Bonchev–Trinajstić information content (AvgIpc) is 3.10.